The summed E-state index contributed by atoms with van der Waals surface area (Å²) in [6.07, 6.45) is 5.46. The van der Waals surface area contributed by atoms with E-state index in [-0.39, 0.29) is 11.8 Å². The maximum Gasteiger partial charge on any atom is 0.221 e. The lowest BCUT2D eigenvalue weighted by atomic mass is 10.1. The van der Waals surface area contributed by atoms with E-state index >= 15 is 0 Å². The molecule has 4 nitrogen and oxygen atoms in total. The maximum atomic E-state index is 11.3. The van der Waals surface area contributed by atoms with Crippen LogP contribution < -0.4 is 10.6 Å². The summed E-state index contributed by atoms with van der Waals surface area (Å²) in [6.45, 7) is 2.70. The van der Waals surface area contributed by atoms with Crippen LogP contribution in [-0.2, 0) is 9.59 Å². The molecule has 0 aliphatic heterocycles. The first kappa shape index (κ1) is 12.0. The van der Waals surface area contributed by atoms with E-state index in [1.807, 2.05) is 0 Å². The molecule has 0 aromatic heterocycles. The highest BCUT2D eigenvalue weighted by Gasteiger charge is 2.15. The molecule has 0 atom stereocenters. The van der Waals surface area contributed by atoms with Gasteiger partial charge >= 0.3 is 0 Å². The van der Waals surface area contributed by atoms with Gasteiger partial charge in [-0.05, 0) is 18.8 Å². The molecule has 1 saturated carbocycles. The van der Waals surface area contributed by atoms with E-state index in [4.69, 9.17) is 0 Å². The number of hydrogen-bond acceptors (Lipinski definition) is 2. The monoisotopic (exact) mass is 212 g/mol. The molecule has 0 unspecified atom stereocenters. The van der Waals surface area contributed by atoms with Crippen LogP contribution in [0.4, 0.5) is 0 Å². The average molecular weight is 212 g/mol. The molecule has 0 aromatic rings. The lowest BCUT2D eigenvalue weighted by Crippen LogP contribution is -2.32. The number of carbonyl (C=O) groups is 2. The molecule has 86 valence electrons. The Balaban J connectivity index is 2.00. The zero-order valence-corrected chi connectivity index (χ0v) is 9.34. The molecule has 15 heavy (non-hydrogen) atoms. The van der Waals surface area contributed by atoms with Crippen LogP contribution in [0.1, 0.15) is 39.0 Å². The molecule has 0 radical (unpaired) electrons. The normalized spacial score (nSPS) is 16.3. The van der Waals surface area contributed by atoms with Crippen LogP contribution in [0.25, 0.3) is 0 Å². The standard InChI is InChI=1S/C11H20N2O2/c1-9(14)12-7-6-11(15)13-8-10-4-2-3-5-10/h10H,2-8H2,1H3,(H,12,14)(H,13,15). The number of rotatable bonds is 5. The SMILES string of the molecule is CC(=O)NCCC(=O)NCC1CCCC1. The topological polar surface area (TPSA) is 58.2 Å². The molecule has 0 bridgehead atoms. The van der Waals surface area contributed by atoms with E-state index in [9.17, 15) is 9.59 Å². The zero-order valence-electron chi connectivity index (χ0n) is 9.34. The van der Waals surface area contributed by atoms with Crippen molar-refractivity contribution in [3.63, 3.8) is 0 Å². The predicted molar refractivity (Wildman–Crippen MR) is 58.3 cm³/mol. The van der Waals surface area contributed by atoms with Gasteiger partial charge in [-0.15, -0.1) is 0 Å². The summed E-state index contributed by atoms with van der Waals surface area (Å²) in [4.78, 5) is 21.9. The Labute approximate surface area is 90.8 Å². The van der Waals surface area contributed by atoms with Gasteiger partial charge in [-0.25, -0.2) is 0 Å². The van der Waals surface area contributed by atoms with Crippen molar-refractivity contribution in [3.8, 4) is 0 Å². The Morgan fingerprint density at radius 3 is 2.47 bits per heavy atom. The fraction of sp³-hybridized carbons (Fsp3) is 0.818. The summed E-state index contributed by atoms with van der Waals surface area (Å²) in [6, 6.07) is 0. The van der Waals surface area contributed by atoms with Crippen molar-refractivity contribution < 1.29 is 9.59 Å². The summed E-state index contributed by atoms with van der Waals surface area (Å²) in [5.41, 5.74) is 0. The molecule has 0 heterocycles. The van der Waals surface area contributed by atoms with Crippen molar-refractivity contribution in [2.75, 3.05) is 13.1 Å². The van der Waals surface area contributed by atoms with Crippen molar-refractivity contribution >= 4 is 11.8 Å². The van der Waals surface area contributed by atoms with Gasteiger partial charge in [0.15, 0.2) is 0 Å². The number of amides is 2. The quantitative estimate of drug-likeness (QED) is 0.709. The third-order valence-corrected chi connectivity index (χ3v) is 2.79. The van der Waals surface area contributed by atoms with Crippen molar-refractivity contribution in [1.82, 2.24) is 10.6 Å². The first-order valence-electron chi connectivity index (χ1n) is 5.69. The Kier molecular flexibility index (Phi) is 5.15. The van der Waals surface area contributed by atoms with E-state index in [1.54, 1.807) is 0 Å². The summed E-state index contributed by atoms with van der Waals surface area (Å²) in [5.74, 6) is 0.629. The number of carbonyl (C=O) groups excluding carboxylic acids is 2. The highest BCUT2D eigenvalue weighted by Crippen LogP contribution is 2.23. The molecule has 2 N–H and O–H groups in total. The van der Waals surface area contributed by atoms with Crippen LogP contribution in [0, 0.1) is 5.92 Å². The third-order valence-electron chi connectivity index (χ3n) is 2.79. The predicted octanol–water partition coefficient (Wildman–Crippen LogP) is 0.819. The van der Waals surface area contributed by atoms with Crippen molar-refractivity contribution in [3.05, 3.63) is 0 Å². The van der Waals surface area contributed by atoms with Gasteiger partial charge in [0.2, 0.25) is 11.8 Å². The molecular formula is C11H20N2O2. The van der Waals surface area contributed by atoms with Gasteiger partial charge in [0, 0.05) is 26.4 Å². The molecule has 0 saturated heterocycles. The first-order valence-corrected chi connectivity index (χ1v) is 5.69. The van der Waals surface area contributed by atoms with Crippen LogP contribution in [0.3, 0.4) is 0 Å². The fourth-order valence-electron chi connectivity index (χ4n) is 1.91. The second kappa shape index (κ2) is 6.43. The van der Waals surface area contributed by atoms with E-state index in [0.717, 1.165) is 6.54 Å². The molecule has 2 amide bonds. The van der Waals surface area contributed by atoms with Crippen LogP contribution >= 0.6 is 0 Å². The van der Waals surface area contributed by atoms with Crippen molar-refractivity contribution in [2.24, 2.45) is 5.92 Å². The maximum absolute atomic E-state index is 11.3. The van der Waals surface area contributed by atoms with Gasteiger partial charge in [0.05, 0.1) is 0 Å². The summed E-state index contributed by atoms with van der Waals surface area (Å²) in [5, 5.41) is 5.51. The van der Waals surface area contributed by atoms with E-state index in [1.165, 1.54) is 32.6 Å². The minimum atomic E-state index is -0.0846. The molecule has 0 aromatic carbocycles. The van der Waals surface area contributed by atoms with Crippen LogP contribution in [0.2, 0.25) is 0 Å². The largest absolute Gasteiger partial charge is 0.356 e. The molecule has 1 aliphatic rings. The Bertz CT molecular complexity index is 223. The lowest BCUT2D eigenvalue weighted by Gasteiger charge is -2.10. The van der Waals surface area contributed by atoms with Crippen LogP contribution in [-0.4, -0.2) is 24.9 Å². The highest BCUT2D eigenvalue weighted by atomic mass is 16.2. The summed E-state index contributed by atoms with van der Waals surface area (Å²) in [7, 11) is 0. The Morgan fingerprint density at radius 1 is 1.20 bits per heavy atom. The molecular weight excluding hydrogens is 192 g/mol. The summed E-state index contributed by atoms with van der Waals surface area (Å²) < 4.78 is 0. The van der Waals surface area contributed by atoms with Gasteiger partial charge in [-0.2, -0.15) is 0 Å². The van der Waals surface area contributed by atoms with E-state index in [2.05, 4.69) is 10.6 Å². The average Bonchev–Trinajstić information content (AvgIpc) is 2.66. The molecule has 4 heteroatoms. The van der Waals surface area contributed by atoms with Gasteiger partial charge < -0.3 is 10.6 Å². The van der Waals surface area contributed by atoms with Gasteiger partial charge in [0.1, 0.15) is 0 Å². The van der Waals surface area contributed by atoms with Crippen LogP contribution in [0.15, 0.2) is 0 Å². The smallest absolute Gasteiger partial charge is 0.221 e. The molecule has 1 rings (SSSR count). The number of nitrogens with one attached hydrogen (secondary N) is 2. The van der Waals surface area contributed by atoms with E-state index < -0.39 is 0 Å². The Hall–Kier alpha value is -1.06. The zero-order chi connectivity index (χ0) is 11.1. The van der Waals surface area contributed by atoms with Gasteiger partial charge in [-0.3, -0.25) is 9.59 Å². The molecule has 0 spiro atoms. The van der Waals surface area contributed by atoms with Crippen LogP contribution in [0.5, 0.6) is 0 Å². The van der Waals surface area contributed by atoms with Gasteiger partial charge in [-0.1, -0.05) is 12.8 Å². The van der Waals surface area contributed by atoms with Crippen molar-refractivity contribution in [1.29, 1.82) is 0 Å². The lowest BCUT2D eigenvalue weighted by molar-refractivity contribution is -0.121. The second-order valence-electron chi connectivity index (χ2n) is 4.19. The van der Waals surface area contributed by atoms with Crippen molar-refractivity contribution in [2.45, 2.75) is 39.0 Å². The minimum absolute atomic E-state index is 0.0376. The molecule has 1 aliphatic carbocycles. The minimum Gasteiger partial charge on any atom is -0.356 e. The second-order valence-corrected chi connectivity index (χ2v) is 4.19. The summed E-state index contributed by atoms with van der Waals surface area (Å²) >= 11 is 0. The van der Waals surface area contributed by atoms with Gasteiger partial charge in [0.25, 0.3) is 0 Å². The third kappa shape index (κ3) is 5.40. The fourth-order valence-corrected chi connectivity index (χ4v) is 1.91. The highest BCUT2D eigenvalue weighted by molar-refractivity contribution is 5.77. The Morgan fingerprint density at radius 2 is 1.87 bits per heavy atom. The molecule has 1 fully saturated rings. The first-order chi connectivity index (χ1) is 7.18. The van der Waals surface area contributed by atoms with E-state index in [0.29, 0.717) is 18.9 Å². The number of hydrogen-bond donors (Lipinski definition) is 2.